The number of aliphatic hydroxyl groups is 1. The van der Waals surface area contributed by atoms with Gasteiger partial charge in [0.1, 0.15) is 0 Å². The Kier molecular flexibility index (Phi) is 7.20. The third kappa shape index (κ3) is 5.25. The Morgan fingerprint density at radius 1 is 1.39 bits per heavy atom. The summed E-state index contributed by atoms with van der Waals surface area (Å²) in [6.45, 7) is 11.4. The van der Waals surface area contributed by atoms with Crippen molar-refractivity contribution in [3.05, 3.63) is 0 Å². The number of hydrogen-bond donors (Lipinski definition) is 2. The SMILES string of the molecule is CCC(C)(CO)CNCCCN1CCCCC1C. The van der Waals surface area contributed by atoms with Gasteiger partial charge >= 0.3 is 0 Å². The predicted molar refractivity (Wildman–Crippen MR) is 77.9 cm³/mol. The van der Waals surface area contributed by atoms with E-state index in [1.165, 1.54) is 38.8 Å². The number of likely N-dealkylation sites (tertiary alicyclic amines) is 1. The molecule has 1 saturated heterocycles. The van der Waals surface area contributed by atoms with Crippen LogP contribution in [0.15, 0.2) is 0 Å². The average molecular weight is 256 g/mol. The molecule has 1 aliphatic rings. The van der Waals surface area contributed by atoms with Gasteiger partial charge in [-0.05, 0) is 52.2 Å². The lowest BCUT2D eigenvalue weighted by Crippen LogP contribution is -2.40. The molecule has 3 heteroatoms. The molecule has 0 spiro atoms. The van der Waals surface area contributed by atoms with Crippen molar-refractivity contribution in [2.75, 3.05) is 32.8 Å². The monoisotopic (exact) mass is 256 g/mol. The second-order valence-electron chi connectivity index (χ2n) is 6.23. The van der Waals surface area contributed by atoms with Gasteiger partial charge in [0.05, 0.1) is 0 Å². The van der Waals surface area contributed by atoms with Crippen LogP contribution in [-0.4, -0.2) is 48.8 Å². The fourth-order valence-electron chi connectivity index (χ4n) is 2.58. The van der Waals surface area contributed by atoms with Gasteiger partial charge in [0, 0.05) is 24.6 Å². The van der Waals surface area contributed by atoms with Crippen LogP contribution in [0.25, 0.3) is 0 Å². The van der Waals surface area contributed by atoms with Crippen LogP contribution in [0.4, 0.5) is 0 Å². The van der Waals surface area contributed by atoms with Crippen molar-refractivity contribution in [1.29, 1.82) is 0 Å². The number of piperidine rings is 1. The summed E-state index contributed by atoms with van der Waals surface area (Å²) in [7, 11) is 0. The van der Waals surface area contributed by atoms with E-state index >= 15 is 0 Å². The molecule has 1 rings (SSSR count). The minimum Gasteiger partial charge on any atom is -0.396 e. The molecule has 3 nitrogen and oxygen atoms in total. The number of nitrogens with zero attached hydrogens (tertiary/aromatic N) is 1. The van der Waals surface area contributed by atoms with Crippen LogP contribution < -0.4 is 5.32 Å². The molecule has 1 aliphatic heterocycles. The zero-order valence-corrected chi connectivity index (χ0v) is 12.5. The highest BCUT2D eigenvalue weighted by Gasteiger charge is 2.20. The maximum absolute atomic E-state index is 9.33. The molecule has 1 fully saturated rings. The molecular weight excluding hydrogens is 224 g/mol. The van der Waals surface area contributed by atoms with Gasteiger partial charge in [-0.3, -0.25) is 0 Å². The number of rotatable bonds is 8. The lowest BCUT2D eigenvalue weighted by molar-refractivity contribution is 0.133. The van der Waals surface area contributed by atoms with Crippen LogP contribution >= 0.6 is 0 Å². The summed E-state index contributed by atoms with van der Waals surface area (Å²) in [6, 6.07) is 0.775. The van der Waals surface area contributed by atoms with E-state index in [4.69, 9.17) is 0 Å². The van der Waals surface area contributed by atoms with Crippen LogP contribution in [0.5, 0.6) is 0 Å². The molecule has 0 bridgehead atoms. The van der Waals surface area contributed by atoms with Crippen molar-refractivity contribution in [3.63, 3.8) is 0 Å². The summed E-state index contributed by atoms with van der Waals surface area (Å²) in [5.41, 5.74) is 0.0540. The molecule has 0 amide bonds. The zero-order valence-electron chi connectivity index (χ0n) is 12.5. The maximum atomic E-state index is 9.33. The van der Waals surface area contributed by atoms with Crippen molar-refractivity contribution in [2.24, 2.45) is 5.41 Å². The Labute approximate surface area is 113 Å². The zero-order chi connectivity index (χ0) is 13.4. The molecule has 0 saturated carbocycles. The molecule has 0 aromatic carbocycles. The largest absolute Gasteiger partial charge is 0.396 e. The third-order valence-electron chi connectivity index (χ3n) is 4.53. The highest BCUT2D eigenvalue weighted by molar-refractivity contribution is 4.75. The summed E-state index contributed by atoms with van der Waals surface area (Å²) in [5, 5.41) is 12.8. The molecular formula is C15H32N2O. The molecule has 18 heavy (non-hydrogen) atoms. The molecule has 0 aliphatic carbocycles. The number of hydrogen-bond acceptors (Lipinski definition) is 3. The fraction of sp³-hybridized carbons (Fsp3) is 1.00. The second-order valence-corrected chi connectivity index (χ2v) is 6.23. The molecule has 2 atom stereocenters. The first-order valence-electron chi connectivity index (χ1n) is 7.67. The Morgan fingerprint density at radius 3 is 2.78 bits per heavy atom. The van der Waals surface area contributed by atoms with E-state index < -0.39 is 0 Å². The maximum Gasteiger partial charge on any atom is 0.0496 e. The summed E-state index contributed by atoms with van der Waals surface area (Å²) < 4.78 is 0. The van der Waals surface area contributed by atoms with Gasteiger partial charge in [0.25, 0.3) is 0 Å². The van der Waals surface area contributed by atoms with Gasteiger partial charge in [-0.1, -0.05) is 20.3 Å². The van der Waals surface area contributed by atoms with Crippen molar-refractivity contribution >= 4 is 0 Å². The van der Waals surface area contributed by atoms with E-state index in [2.05, 4.69) is 31.0 Å². The first-order chi connectivity index (χ1) is 8.61. The number of nitrogens with one attached hydrogen (secondary N) is 1. The minimum atomic E-state index is 0.0540. The first kappa shape index (κ1) is 15.9. The average Bonchev–Trinajstić information content (AvgIpc) is 2.40. The van der Waals surface area contributed by atoms with Crippen LogP contribution in [0.3, 0.4) is 0 Å². The van der Waals surface area contributed by atoms with Crippen LogP contribution in [0.2, 0.25) is 0 Å². The van der Waals surface area contributed by atoms with E-state index in [1.54, 1.807) is 0 Å². The highest BCUT2D eigenvalue weighted by Crippen LogP contribution is 2.18. The van der Waals surface area contributed by atoms with Crippen molar-refractivity contribution in [1.82, 2.24) is 10.2 Å². The standard InChI is InChI=1S/C15H32N2O/c1-4-15(3,13-18)12-16-9-7-11-17-10-6-5-8-14(17)2/h14,16,18H,4-13H2,1-3H3. The van der Waals surface area contributed by atoms with E-state index in [0.29, 0.717) is 0 Å². The van der Waals surface area contributed by atoms with Crippen molar-refractivity contribution in [3.8, 4) is 0 Å². The Morgan fingerprint density at radius 2 is 2.17 bits per heavy atom. The first-order valence-corrected chi connectivity index (χ1v) is 7.67. The topological polar surface area (TPSA) is 35.5 Å². The van der Waals surface area contributed by atoms with Gasteiger partial charge in [-0.2, -0.15) is 0 Å². The molecule has 2 unspecified atom stereocenters. The molecule has 2 N–H and O–H groups in total. The van der Waals surface area contributed by atoms with Crippen molar-refractivity contribution < 1.29 is 5.11 Å². The van der Waals surface area contributed by atoms with Crippen LogP contribution in [0.1, 0.15) is 52.9 Å². The van der Waals surface area contributed by atoms with Gasteiger partial charge in [0.2, 0.25) is 0 Å². The number of aliphatic hydroxyl groups excluding tert-OH is 1. The Hall–Kier alpha value is -0.120. The molecule has 1 heterocycles. The summed E-state index contributed by atoms with van der Waals surface area (Å²) >= 11 is 0. The predicted octanol–water partition coefficient (Wildman–Crippen LogP) is 2.25. The molecule has 108 valence electrons. The van der Waals surface area contributed by atoms with Crippen LogP contribution in [0, 0.1) is 5.41 Å². The van der Waals surface area contributed by atoms with E-state index in [1.807, 2.05) is 0 Å². The summed E-state index contributed by atoms with van der Waals surface area (Å²) in [4.78, 5) is 2.62. The highest BCUT2D eigenvalue weighted by atomic mass is 16.3. The summed E-state index contributed by atoms with van der Waals surface area (Å²) in [6.07, 6.45) is 6.39. The smallest absolute Gasteiger partial charge is 0.0496 e. The molecule has 0 aromatic rings. The van der Waals surface area contributed by atoms with Gasteiger partial charge in [0.15, 0.2) is 0 Å². The van der Waals surface area contributed by atoms with Gasteiger partial charge in [-0.15, -0.1) is 0 Å². The normalized spacial score (nSPS) is 25.0. The lowest BCUT2D eigenvalue weighted by Gasteiger charge is -2.33. The van der Waals surface area contributed by atoms with Crippen molar-refractivity contribution in [2.45, 2.75) is 58.9 Å². The third-order valence-corrected chi connectivity index (χ3v) is 4.53. The lowest BCUT2D eigenvalue weighted by atomic mass is 9.89. The minimum absolute atomic E-state index is 0.0540. The van der Waals surface area contributed by atoms with Crippen LogP contribution in [-0.2, 0) is 0 Å². The molecule has 0 radical (unpaired) electrons. The van der Waals surface area contributed by atoms with E-state index in [0.717, 1.165) is 25.6 Å². The fourth-order valence-corrected chi connectivity index (χ4v) is 2.58. The molecule has 0 aromatic heterocycles. The Balaban J connectivity index is 2.07. The second kappa shape index (κ2) is 8.13. The van der Waals surface area contributed by atoms with Gasteiger partial charge in [-0.25, -0.2) is 0 Å². The summed E-state index contributed by atoms with van der Waals surface area (Å²) in [5.74, 6) is 0. The van der Waals surface area contributed by atoms with E-state index in [9.17, 15) is 5.11 Å². The quantitative estimate of drug-likeness (QED) is 0.654. The van der Waals surface area contributed by atoms with Gasteiger partial charge < -0.3 is 15.3 Å². The van der Waals surface area contributed by atoms with E-state index in [-0.39, 0.29) is 12.0 Å². The Bertz CT molecular complexity index is 217.